The normalized spacial score (nSPS) is 18.4. The van der Waals surface area contributed by atoms with Crippen molar-refractivity contribution in [3.8, 4) is 0 Å². The smallest absolute Gasteiger partial charge is 0.334 e. The van der Waals surface area contributed by atoms with Gasteiger partial charge >= 0.3 is 5.97 Å². The molecule has 0 heterocycles. The number of esters is 1. The molecule has 1 saturated carbocycles. The highest BCUT2D eigenvalue weighted by atomic mass is 16.5. The Morgan fingerprint density at radius 1 is 1.57 bits per heavy atom. The summed E-state index contributed by atoms with van der Waals surface area (Å²) < 4.78 is 4.84. The maximum Gasteiger partial charge on any atom is 0.334 e. The Morgan fingerprint density at radius 3 is 2.64 bits per heavy atom. The van der Waals surface area contributed by atoms with Crippen molar-refractivity contribution in [1.29, 1.82) is 0 Å². The van der Waals surface area contributed by atoms with E-state index in [1.54, 1.807) is 6.92 Å². The van der Waals surface area contributed by atoms with Gasteiger partial charge < -0.3 is 10.1 Å². The van der Waals surface area contributed by atoms with Crippen molar-refractivity contribution in [2.24, 2.45) is 0 Å². The van der Waals surface area contributed by atoms with E-state index in [4.69, 9.17) is 4.74 Å². The molecule has 1 aliphatic rings. The molecule has 0 radical (unpaired) electrons. The minimum absolute atomic E-state index is 0.218. The van der Waals surface area contributed by atoms with Gasteiger partial charge in [0.05, 0.1) is 6.61 Å². The molecule has 0 aliphatic heterocycles. The highest BCUT2D eigenvalue weighted by Gasteiger charge is 2.31. The summed E-state index contributed by atoms with van der Waals surface area (Å²) in [7, 11) is 0. The number of hydrogen-bond donors (Lipinski definition) is 1. The minimum Gasteiger partial charge on any atom is -0.463 e. The lowest BCUT2D eigenvalue weighted by molar-refractivity contribution is -0.138. The van der Waals surface area contributed by atoms with Gasteiger partial charge in [-0.2, -0.15) is 0 Å². The van der Waals surface area contributed by atoms with Gasteiger partial charge in [-0.15, -0.1) is 0 Å². The van der Waals surface area contributed by atoms with E-state index in [0.29, 0.717) is 18.7 Å². The quantitative estimate of drug-likeness (QED) is 0.538. The van der Waals surface area contributed by atoms with Crippen molar-refractivity contribution >= 4 is 5.97 Å². The first-order chi connectivity index (χ1) is 6.57. The van der Waals surface area contributed by atoms with Crippen molar-refractivity contribution in [1.82, 2.24) is 5.32 Å². The van der Waals surface area contributed by atoms with Gasteiger partial charge in [-0.25, -0.2) is 4.79 Å². The number of carbonyl (C=O) groups is 1. The number of hydrogen-bond acceptors (Lipinski definition) is 3. The first-order valence-corrected chi connectivity index (χ1v) is 5.17. The molecule has 1 rings (SSSR count). The molecule has 0 unspecified atom stereocenters. The number of carbonyl (C=O) groups excluding carboxylic acids is 1. The summed E-state index contributed by atoms with van der Waals surface area (Å²) in [6.07, 6.45) is 3.64. The molecule has 1 N–H and O–H groups in total. The summed E-state index contributed by atoms with van der Waals surface area (Å²) in [6, 6.07) is 0. The van der Waals surface area contributed by atoms with Gasteiger partial charge in [0, 0.05) is 17.7 Å². The summed E-state index contributed by atoms with van der Waals surface area (Å²) in [5, 5.41) is 3.33. The van der Waals surface area contributed by atoms with Crippen LogP contribution in [0.5, 0.6) is 0 Å². The molecule has 0 spiro atoms. The molecule has 1 aliphatic carbocycles. The Morgan fingerprint density at radius 2 is 2.21 bits per heavy atom. The molecule has 80 valence electrons. The van der Waals surface area contributed by atoms with Gasteiger partial charge in [0.1, 0.15) is 0 Å². The molecule has 0 aromatic carbocycles. The number of ether oxygens (including phenoxy) is 1. The van der Waals surface area contributed by atoms with Crippen molar-refractivity contribution in [3.05, 3.63) is 12.2 Å². The topological polar surface area (TPSA) is 38.3 Å². The molecule has 0 aromatic rings. The summed E-state index contributed by atoms with van der Waals surface area (Å²) >= 11 is 0. The molecule has 0 saturated heterocycles. The molecule has 0 amide bonds. The van der Waals surface area contributed by atoms with Crippen LogP contribution in [0.4, 0.5) is 0 Å². The Balaban J connectivity index is 2.23. The molecular formula is C11H19NO2. The second kappa shape index (κ2) is 4.60. The van der Waals surface area contributed by atoms with Crippen LogP contribution in [0.2, 0.25) is 0 Å². The summed E-state index contributed by atoms with van der Waals surface area (Å²) in [6.45, 7) is 8.62. The third kappa shape index (κ3) is 2.84. The van der Waals surface area contributed by atoms with Gasteiger partial charge in [-0.3, -0.25) is 0 Å². The van der Waals surface area contributed by atoms with Crippen molar-refractivity contribution < 1.29 is 9.53 Å². The van der Waals surface area contributed by atoms with Crippen LogP contribution in [0.25, 0.3) is 0 Å². The number of nitrogens with one attached hydrogen (secondary N) is 1. The van der Waals surface area contributed by atoms with Gasteiger partial charge in [0.15, 0.2) is 0 Å². The van der Waals surface area contributed by atoms with Crippen LogP contribution in [0.1, 0.15) is 33.1 Å². The van der Waals surface area contributed by atoms with Crippen LogP contribution in [0.15, 0.2) is 12.2 Å². The predicted octanol–water partition coefficient (Wildman–Crippen LogP) is 1.64. The average molecular weight is 197 g/mol. The maximum atomic E-state index is 11.2. The van der Waals surface area contributed by atoms with E-state index in [0.717, 1.165) is 0 Å². The lowest BCUT2D eigenvalue weighted by atomic mass is 9.78. The Kier molecular flexibility index (Phi) is 3.69. The summed E-state index contributed by atoms with van der Waals surface area (Å²) in [4.78, 5) is 11.2. The maximum absolute atomic E-state index is 11.2. The predicted molar refractivity (Wildman–Crippen MR) is 56.0 cm³/mol. The van der Waals surface area contributed by atoms with E-state index < -0.39 is 0 Å². The first-order valence-electron chi connectivity index (χ1n) is 5.17. The van der Waals surface area contributed by atoms with Crippen molar-refractivity contribution in [3.63, 3.8) is 0 Å². The van der Waals surface area contributed by atoms with Crippen molar-refractivity contribution in [2.45, 2.75) is 38.6 Å². The zero-order valence-corrected chi connectivity index (χ0v) is 9.06. The highest BCUT2D eigenvalue weighted by Crippen LogP contribution is 2.30. The Bertz CT molecular complexity index is 231. The largest absolute Gasteiger partial charge is 0.463 e. The summed E-state index contributed by atoms with van der Waals surface area (Å²) in [5.74, 6) is -0.289. The third-order valence-corrected chi connectivity index (χ3v) is 2.75. The minimum atomic E-state index is -0.289. The lowest BCUT2D eigenvalue weighted by Crippen LogP contribution is -2.49. The fraction of sp³-hybridized carbons (Fsp3) is 0.727. The number of rotatable bonds is 5. The highest BCUT2D eigenvalue weighted by molar-refractivity contribution is 5.88. The average Bonchev–Trinajstić information content (AvgIpc) is 2.11. The van der Waals surface area contributed by atoms with Gasteiger partial charge in [0.25, 0.3) is 0 Å². The van der Waals surface area contributed by atoms with Crippen LogP contribution in [-0.2, 0) is 9.53 Å². The second-order valence-electron chi connectivity index (χ2n) is 4.09. The van der Waals surface area contributed by atoms with E-state index in [9.17, 15) is 4.79 Å². The van der Waals surface area contributed by atoms with E-state index in [1.165, 1.54) is 19.3 Å². The van der Waals surface area contributed by atoms with E-state index in [2.05, 4.69) is 18.8 Å². The molecule has 3 nitrogen and oxygen atoms in total. The molecule has 14 heavy (non-hydrogen) atoms. The molecule has 1 fully saturated rings. The Hall–Kier alpha value is -0.830. The fourth-order valence-corrected chi connectivity index (χ4v) is 1.51. The molecule has 3 heteroatoms. The zero-order chi connectivity index (χ0) is 10.6. The molecule has 0 aromatic heterocycles. The molecular weight excluding hydrogens is 178 g/mol. The van der Waals surface area contributed by atoms with Crippen LogP contribution in [0.3, 0.4) is 0 Å². The first kappa shape index (κ1) is 11.2. The van der Waals surface area contributed by atoms with Crippen molar-refractivity contribution in [2.75, 3.05) is 13.2 Å². The van der Waals surface area contributed by atoms with E-state index in [-0.39, 0.29) is 11.5 Å². The van der Waals surface area contributed by atoms with Gasteiger partial charge in [0.2, 0.25) is 0 Å². The lowest BCUT2D eigenvalue weighted by Gasteiger charge is -2.39. The molecule has 0 atom stereocenters. The zero-order valence-electron chi connectivity index (χ0n) is 9.06. The van der Waals surface area contributed by atoms with E-state index >= 15 is 0 Å². The van der Waals surface area contributed by atoms with Crippen LogP contribution < -0.4 is 5.32 Å². The van der Waals surface area contributed by atoms with Crippen LogP contribution in [-0.4, -0.2) is 24.7 Å². The van der Waals surface area contributed by atoms with Gasteiger partial charge in [-0.1, -0.05) is 6.58 Å². The fourth-order valence-electron chi connectivity index (χ4n) is 1.51. The van der Waals surface area contributed by atoms with Gasteiger partial charge in [-0.05, 0) is 33.1 Å². The monoisotopic (exact) mass is 197 g/mol. The standard InChI is InChI=1S/C11H19NO2/c1-4-14-10(13)9(2)8-12-11(3)6-5-7-11/h12H,2,4-8H2,1,3H3. The van der Waals surface area contributed by atoms with Crippen LogP contribution >= 0.6 is 0 Å². The molecule has 0 bridgehead atoms. The van der Waals surface area contributed by atoms with E-state index in [1.807, 2.05) is 0 Å². The second-order valence-corrected chi connectivity index (χ2v) is 4.09. The SMILES string of the molecule is C=C(CNC1(C)CCC1)C(=O)OCC. The van der Waals surface area contributed by atoms with Crippen LogP contribution in [0, 0.1) is 0 Å². The third-order valence-electron chi connectivity index (χ3n) is 2.75. The Labute approximate surface area is 85.5 Å². The summed E-state index contributed by atoms with van der Waals surface area (Å²) in [5.41, 5.74) is 0.732.